The minimum Gasteiger partial charge on any atom is -0.364 e. The average Bonchev–Trinajstić information content (AvgIpc) is 1.83. The number of primary amides is 1. The molecule has 0 aliphatic heterocycles. The SMILES string of the molecule is COC(F)(C(N)=O)C(F)(F)F. The van der Waals surface area contributed by atoms with E-state index in [1.807, 2.05) is 0 Å². The summed E-state index contributed by atoms with van der Waals surface area (Å²) in [6.45, 7) is 0. The van der Waals surface area contributed by atoms with Crippen molar-refractivity contribution in [2.75, 3.05) is 7.11 Å². The zero-order valence-electron chi connectivity index (χ0n) is 5.41. The number of amides is 1. The molecule has 0 aromatic heterocycles. The van der Waals surface area contributed by atoms with Crippen molar-refractivity contribution in [2.45, 2.75) is 12.0 Å². The van der Waals surface area contributed by atoms with Crippen molar-refractivity contribution in [2.24, 2.45) is 5.73 Å². The van der Waals surface area contributed by atoms with Gasteiger partial charge in [-0.3, -0.25) is 4.79 Å². The van der Waals surface area contributed by atoms with Crippen LogP contribution in [-0.4, -0.2) is 25.0 Å². The lowest BCUT2D eigenvalue weighted by molar-refractivity contribution is -0.306. The van der Waals surface area contributed by atoms with Crippen molar-refractivity contribution >= 4 is 5.91 Å². The van der Waals surface area contributed by atoms with Gasteiger partial charge in [0.05, 0.1) is 0 Å². The Hall–Kier alpha value is -0.850. The van der Waals surface area contributed by atoms with Crippen molar-refractivity contribution in [1.82, 2.24) is 0 Å². The molecule has 1 amide bonds. The Morgan fingerprint density at radius 1 is 1.36 bits per heavy atom. The van der Waals surface area contributed by atoms with Gasteiger partial charge in [0.25, 0.3) is 5.91 Å². The van der Waals surface area contributed by atoms with Crippen LogP contribution in [0.15, 0.2) is 0 Å². The number of alkyl halides is 4. The quantitative estimate of drug-likeness (QED) is 0.615. The molecule has 0 spiro atoms. The van der Waals surface area contributed by atoms with Crippen LogP contribution in [0.25, 0.3) is 0 Å². The molecular formula is C4H5F4NO2. The first-order chi connectivity index (χ1) is 4.75. The lowest BCUT2D eigenvalue weighted by Gasteiger charge is -2.21. The zero-order valence-corrected chi connectivity index (χ0v) is 5.41. The molecular weight excluding hydrogens is 170 g/mol. The molecule has 0 fully saturated rings. The predicted molar refractivity (Wildman–Crippen MR) is 26.1 cm³/mol. The number of nitrogens with two attached hydrogens (primary N) is 1. The Balaban J connectivity index is 4.75. The van der Waals surface area contributed by atoms with Crippen LogP contribution in [0.2, 0.25) is 0 Å². The Labute approximate surface area is 59.1 Å². The van der Waals surface area contributed by atoms with E-state index in [0.29, 0.717) is 7.11 Å². The van der Waals surface area contributed by atoms with E-state index < -0.39 is 17.9 Å². The minimum absolute atomic E-state index is 0.401. The topological polar surface area (TPSA) is 52.3 Å². The first-order valence-corrected chi connectivity index (χ1v) is 2.36. The van der Waals surface area contributed by atoms with E-state index in [9.17, 15) is 22.4 Å². The monoisotopic (exact) mass is 175 g/mol. The minimum atomic E-state index is -5.44. The molecule has 0 saturated carbocycles. The number of ether oxygens (including phenoxy) is 1. The molecule has 0 radical (unpaired) electrons. The number of hydrogen-bond acceptors (Lipinski definition) is 2. The van der Waals surface area contributed by atoms with Crippen LogP contribution in [0.5, 0.6) is 0 Å². The molecule has 1 atom stereocenters. The summed E-state index contributed by atoms with van der Waals surface area (Å²) < 4.78 is 50.3. The number of carbonyl (C=O) groups is 1. The summed E-state index contributed by atoms with van der Waals surface area (Å²) in [7, 11) is 0.401. The number of halogens is 4. The van der Waals surface area contributed by atoms with Crippen LogP contribution >= 0.6 is 0 Å². The van der Waals surface area contributed by atoms with Gasteiger partial charge in [-0.1, -0.05) is 0 Å². The van der Waals surface area contributed by atoms with Crippen LogP contribution < -0.4 is 5.73 Å². The van der Waals surface area contributed by atoms with E-state index >= 15 is 0 Å². The highest BCUT2D eigenvalue weighted by atomic mass is 19.4. The molecule has 0 heterocycles. The summed E-state index contributed by atoms with van der Waals surface area (Å²) >= 11 is 0. The number of hydrogen-bond donors (Lipinski definition) is 1. The molecule has 0 aromatic carbocycles. The summed E-state index contributed by atoms with van der Waals surface area (Å²) in [6.07, 6.45) is -5.44. The molecule has 7 heteroatoms. The van der Waals surface area contributed by atoms with Crippen molar-refractivity contribution in [3.8, 4) is 0 Å². The highest BCUT2D eigenvalue weighted by Gasteiger charge is 2.62. The largest absolute Gasteiger partial charge is 0.458 e. The molecule has 66 valence electrons. The van der Waals surface area contributed by atoms with Gasteiger partial charge in [-0.25, -0.2) is 0 Å². The second kappa shape index (κ2) is 2.65. The van der Waals surface area contributed by atoms with Crippen molar-refractivity contribution in [3.05, 3.63) is 0 Å². The van der Waals surface area contributed by atoms with Gasteiger partial charge in [0.2, 0.25) is 0 Å². The van der Waals surface area contributed by atoms with Crippen LogP contribution in [0.1, 0.15) is 0 Å². The van der Waals surface area contributed by atoms with Crippen molar-refractivity contribution < 1.29 is 27.1 Å². The maximum absolute atomic E-state index is 12.3. The fourth-order valence-electron chi connectivity index (χ4n) is 0.356. The first-order valence-electron chi connectivity index (χ1n) is 2.36. The highest BCUT2D eigenvalue weighted by molar-refractivity contribution is 5.82. The van der Waals surface area contributed by atoms with E-state index in [1.54, 1.807) is 0 Å². The van der Waals surface area contributed by atoms with Gasteiger partial charge in [0, 0.05) is 7.11 Å². The summed E-state index contributed by atoms with van der Waals surface area (Å²) in [5, 5.41) is 0. The van der Waals surface area contributed by atoms with Gasteiger partial charge >= 0.3 is 12.0 Å². The molecule has 2 N–H and O–H groups in total. The second-order valence-corrected chi connectivity index (χ2v) is 1.66. The second-order valence-electron chi connectivity index (χ2n) is 1.66. The third kappa shape index (κ3) is 1.59. The van der Waals surface area contributed by atoms with Crippen LogP contribution in [-0.2, 0) is 9.53 Å². The van der Waals surface area contributed by atoms with Gasteiger partial charge in [0.15, 0.2) is 0 Å². The maximum Gasteiger partial charge on any atom is 0.458 e. The van der Waals surface area contributed by atoms with E-state index in [0.717, 1.165) is 0 Å². The molecule has 1 unspecified atom stereocenters. The smallest absolute Gasteiger partial charge is 0.364 e. The number of methoxy groups -OCH3 is 1. The van der Waals surface area contributed by atoms with Crippen molar-refractivity contribution in [1.29, 1.82) is 0 Å². The zero-order chi connectivity index (χ0) is 9.28. The summed E-state index contributed by atoms with van der Waals surface area (Å²) in [6, 6.07) is 0. The fraction of sp³-hybridized carbons (Fsp3) is 0.750. The van der Waals surface area contributed by atoms with Gasteiger partial charge in [-0.05, 0) is 0 Å². The molecule has 0 aliphatic carbocycles. The number of rotatable bonds is 2. The van der Waals surface area contributed by atoms with Gasteiger partial charge in [-0.15, -0.1) is 0 Å². The van der Waals surface area contributed by atoms with Crippen LogP contribution in [0, 0.1) is 0 Å². The normalized spacial score (nSPS) is 17.5. The Kier molecular flexibility index (Phi) is 2.44. The van der Waals surface area contributed by atoms with Gasteiger partial charge in [0.1, 0.15) is 0 Å². The lowest BCUT2D eigenvalue weighted by Crippen LogP contribution is -2.53. The summed E-state index contributed by atoms with van der Waals surface area (Å²) in [5.41, 5.74) is 4.11. The predicted octanol–water partition coefficient (Wildman–Crippen LogP) is 0.346. The third-order valence-corrected chi connectivity index (χ3v) is 0.963. The van der Waals surface area contributed by atoms with E-state index in [1.165, 1.54) is 0 Å². The van der Waals surface area contributed by atoms with Crippen molar-refractivity contribution in [3.63, 3.8) is 0 Å². The van der Waals surface area contributed by atoms with Gasteiger partial charge < -0.3 is 10.5 Å². The first kappa shape index (κ1) is 10.2. The Morgan fingerprint density at radius 3 is 1.73 bits per heavy atom. The van der Waals surface area contributed by atoms with E-state index in [-0.39, 0.29) is 0 Å². The fourth-order valence-corrected chi connectivity index (χ4v) is 0.356. The summed E-state index contributed by atoms with van der Waals surface area (Å²) in [4.78, 5) is 9.90. The molecule has 0 bridgehead atoms. The molecule has 0 rings (SSSR count). The van der Waals surface area contributed by atoms with E-state index in [4.69, 9.17) is 0 Å². The van der Waals surface area contributed by atoms with Crippen LogP contribution in [0.4, 0.5) is 17.6 Å². The molecule has 0 aromatic rings. The number of carbonyl (C=O) groups excluding carboxylic acids is 1. The maximum atomic E-state index is 12.3. The van der Waals surface area contributed by atoms with E-state index in [2.05, 4.69) is 10.5 Å². The highest BCUT2D eigenvalue weighted by Crippen LogP contribution is 2.33. The summed E-state index contributed by atoms with van der Waals surface area (Å²) in [5.74, 6) is -6.60. The molecule has 0 aliphatic rings. The van der Waals surface area contributed by atoms with Crippen LogP contribution in [0.3, 0.4) is 0 Å². The standard InChI is InChI=1S/C4H5F4NO2/c1-11-3(5,2(9)10)4(6,7)8/h1H3,(H2,9,10). The lowest BCUT2D eigenvalue weighted by atomic mass is 10.3. The Bertz CT molecular complexity index is 168. The Morgan fingerprint density at radius 2 is 1.73 bits per heavy atom. The molecule has 11 heavy (non-hydrogen) atoms. The third-order valence-electron chi connectivity index (χ3n) is 0.963. The molecule has 3 nitrogen and oxygen atoms in total. The van der Waals surface area contributed by atoms with Gasteiger partial charge in [-0.2, -0.15) is 17.6 Å². The molecule has 0 saturated heterocycles. The average molecular weight is 175 g/mol.